The van der Waals surface area contributed by atoms with Gasteiger partial charge in [0.15, 0.2) is 0 Å². The van der Waals surface area contributed by atoms with Gasteiger partial charge in [0.2, 0.25) is 5.28 Å². The van der Waals surface area contributed by atoms with E-state index in [1.165, 1.54) is 0 Å². The van der Waals surface area contributed by atoms with Crippen molar-refractivity contribution in [2.24, 2.45) is 0 Å². The molecule has 0 fully saturated rings. The largest absolute Gasteiger partial charge is 0.394 e. The van der Waals surface area contributed by atoms with Gasteiger partial charge in [-0.1, -0.05) is 0 Å². The Morgan fingerprint density at radius 2 is 2.50 bits per heavy atom. The van der Waals surface area contributed by atoms with Crippen LogP contribution in [0.5, 0.6) is 0 Å². The van der Waals surface area contributed by atoms with Gasteiger partial charge in [0.05, 0.1) is 6.61 Å². The van der Waals surface area contributed by atoms with Crippen molar-refractivity contribution in [1.82, 2.24) is 9.97 Å². The zero-order valence-electron chi connectivity index (χ0n) is 6.66. The normalized spacial score (nSPS) is 12.6. The van der Waals surface area contributed by atoms with E-state index in [0.717, 1.165) is 0 Å². The van der Waals surface area contributed by atoms with Gasteiger partial charge in [-0.05, 0) is 24.6 Å². The van der Waals surface area contributed by atoms with Crippen molar-refractivity contribution in [2.45, 2.75) is 13.0 Å². The second-order valence-corrected chi connectivity index (χ2v) is 2.78. The van der Waals surface area contributed by atoms with Gasteiger partial charge in [0.25, 0.3) is 0 Å². The predicted octanol–water partition coefficient (Wildman–Crippen LogP) is 0.923. The first-order chi connectivity index (χ1) is 5.72. The molecule has 0 aliphatic rings. The summed E-state index contributed by atoms with van der Waals surface area (Å²) in [6.45, 7) is 1.90. The molecule has 0 bridgehead atoms. The lowest BCUT2D eigenvalue weighted by atomic mass is 10.3. The molecular weight excluding hydrogens is 178 g/mol. The van der Waals surface area contributed by atoms with E-state index < -0.39 is 0 Å². The maximum absolute atomic E-state index is 8.73. The third-order valence-electron chi connectivity index (χ3n) is 1.29. The highest BCUT2D eigenvalue weighted by molar-refractivity contribution is 6.28. The zero-order valence-corrected chi connectivity index (χ0v) is 7.41. The molecule has 0 spiro atoms. The summed E-state index contributed by atoms with van der Waals surface area (Å²) in [6.07, 6.45) is 1.56. The van der Waals surface area contributed by atoms with Crippen molar-refractivity contribution in [3.8, 4) is 0 Å². The van der Waals surface area contributed by atoms with Gasteiger partial charge < -0.3 is 10.4 Å². The summed E-state index contributed by atoms with van der Waals surface area (Å²) in [5.74, 6) is 0.622. The lowest BCUT2D eigenvalue weighted by Crippen LogP contribution is -2.19. The fourth-order valence-corrected chi connectivity index (χ4v) is 0.861. The molecule has 12 heavy (non-hydrogen) atoms. The molecule has 0 aliphatic carbocycles. The van der Waals surface area contributed by atoms with E-state index in [1.54, 1.807) is 12.3 Å². The molecule has 5 heteroatoms. The summed E-state index contributed by atoms with van der Waals surface area (Å²) in [5, 5.41) is 11.9. The van der Waals surface area contributed by atoms with Crippen LogP contribution in [-0.4, -0.2) is 27.7 Å². The molecule has 4 nitrogen and oxygen atoms in total. The molecule has 0 unspecified atom stereocenters. The molecule has 1 rings (SSSR count). The number of halogens is 1. The molecule has 0 amide bonds. The molecule has 1 aromatic heterocycles. The summed E-state index contributed by atoms with van der Waals surface area (Å²) >= 11 is 5.55. The van der Waals surface area contributed by atoms with E-state index in [-0.39, 0.29) is 17.9 Å². The molecule has 0 aromatic carbocycles. The average Bonchev–Trinajstić information content (AvgIpc) is 2.04. The second kappa shape index (κ2) is 4.23. The fraction of sp³-hybridized carbons (Fsp3) is 0.429. The lowest BCUT2D eigenvalue weighted by Gasteiger charge is -2.10. The predicted molar refractivity (Wildman–Crippen MR) is 47.2 cm³/mol. The van der Waals surface area contributed by atoms with Gasteiger partial charge in [0.1, 0.15) is 5.82 Å². The maximum Gasteiger partial charge on any atom is 0.224 e. The Morgan fingerprint density at radius 3 is 3.08 bits per heavy atom. The highest BCUT2D eigenvalue weighted by Crippen LogP contribution is 2.06. The van der Waals surface area contributed by atoms with E-state index in [0.29, 0.717) is 5.82 Å². The summed E-state index contributed by atoms with van der Waals surface area (Å²) in [4.78, 5) is 7.62. The molecule has 1 aromatic rings. The molecule has 1 atom stereocenters. The highest BCUT2D eigenvalue weighted by atomic mass is 35.5. The Morgan fingerprint density at radius 1 is 1.75 bits per heavy atom. The number of nitrogens with one attached hydrogen (secondary N) is 1. The van der Waals surface area contributed by atoms with Crippen LogP contribution in [0.15, 0.2) is 12.3 Å². The average molecular weight is 188 g/mol. The third-order valence-corrected chi connectivity index (χ3v) is 1.48. The number of rotatable bonds is 3. The SMILES string of the molecule is C[C@H](CO)Nc1ccnc(Cl)n1. The zero-order chi connectivity index (χ0) is 8.97. The quantitative estimate of drug-likeness (QED) is 0.691. The molecule has 2 N–H and O–H groups in total. The summed E-state index contributed by atoms with van der Waals surface area (Å²) in [5.41, 5.74) is 0. The van der Waals surface area contributed by atoms with Crippen LogP contribution in [0.1, 0.15) is 6.92 Å². The van der Waals surface area contributed by atoms with Crippen LogP contribution in [0, 0.1) is 0 Å². The number of aromatic nitrogens is 2. The van der Waals surface area contributed by atoms with Crippen molar-refractivity contribution in [3.63, 3.8) is 0 Å². The van der Waals surface area contributed by atoms with Crippen molar-refractivity contribution < 1.29 is 5.11 Å². The van der Waals surface area contributed by atoms with Crippen LogP contribution in [0.4, 0.5) is 5.82 Å². The molecule has 0 saturated carbocycles. The van der Waals surface area contributed by atoms with Gasteiger partial charge in [-0.2, -0.15) is 0 Å². The van der Waals surface area contributed by atoms with Crippen molar-refractivity contribution in [1.29, 1.82) is 0 Å². The van der Waals surface area contributed by atoms with Crippen LogP contribution in [0.2, 0.25) is 5.28 Å². The van der Waals surface area contributed by atoms with E-state index in [2.05, 4.69) is 15.3 Å². The van der Waals surface area contributed by atoms with Crippen molar-refractivity contribution >= 4 is 17.4 Å². The molecule has 0 saturated heterocycles. The van der Waals surface area contributed by atoms with Crippen LogP contribution < -0.4 is 5.32 Å². The maximum atomic E-state index is 8.73. The monoisotopic (exact) mass is 187 g/mol. The standard InChI is InChI=1S/C7H10ClN3O/c1-5(4-12)10-6-2-3-9-7(8)11-6/h2-3,5,12H,4H2,1H3,(H,9,10,11)/t5-/m1/s1. The Bertz CT molecular complexity index is 256. The molecular formula is C7H10ClN3O. The molecule has 0 radical (unpaired) electrons. The van der Waals surface area contributed by atoms with Crippen LogP contribution in [0.3, 0.4) is 0 Å². The summed E-state index contributed by atoms with van der Waals surface area (Å²) < 4.78 is 0. The Hall–Kier alpha value is -0.870. The molecule has 0 aliphatic heterocycles. The van der Waals surface area contributed by atoms with Gasteiger partial charge >= 0.3 is 0 Å². The molecule has 1 heterocycles. The first kappa shape index (κ1) is 9.22. The number of hydrogen-bond donors (Lipinski definition) is 2. The number of hydrogen-bond acceptors (Lipinski definition) is 4. The minimum absolute atomic E-state index is 0.0315. The topological polar surface area (TPSA) is 58.0 Å². The van der Waals surface area contributed by atoms with E-state index in [1.807, 2.05) is 6.92 Å². The first-order valence-electron chi connectivity index (χ1n) is 3.58. The third kappa shape index (κ3) is 2.64. The van der Waals surface area contributed by atoms with Gasteiger partial charge in [-0.25, -0.2) is 9.97 Å². The van der Waals surface area contributed by atoms with Gasteiger partial charge in [0, 0.05) is 12.2 Å². The van der Waals surface area contributed by atoms with Crippen molar-refractivity contribution in [2.75, 3.05) is 11.9 Å². The van der Waals surface area contributed by atoms with Crippen LogP contribution in [-0.2, 0) is 0 Å². The van der Waals surface area contributed by atoms with Gasteiger partial charge in [-0.15, -0.1) is 0 Å². The number of nitrogens with zero attached hydrogens (tertiary/aromatic N) is 2. The Labute approximate surface area is 75.6 Å². The minimum atomic E-state index is -0.0315. The van der Waals surface area contributed by atoms with Crippen molar-refractivity contribution in [3.05, 3.63) is 17.5 Å². The second-order valence-electron chi connectivity index (χ2n) is 2.44. The number of aliphatic hydroxyl groups is 1. The smallest absolute Gasteiger partial charge is 0.224 e. The van der Waals surface area contributed by atoms with E-state index in [4.69, 9.17) is 16.7 Å². The summed E-state index contributed by atoms with van der Waals surface area (Å²) in [7, 11) is 0. The fourth-order valence-electron chi connectivity index (χ4n) is 0.713. The van der Waals surface area contributed by atoms with Crippen LogP contribution >= 0.6 is 11.6 Å². The van der Waals surface area contributed by atoms with Crippen LogP contribution in [0.25, 0.3) is 0 Å². The molecule has 66 valence electrons. The highest BCUT2D eigenvalue weighted by Gasteiger charge is 2.00. The Kier molecular flexibility index (Phi) is 3.25. The first-order valence-corrected chi connectivity index (χ1v) is 3.96. The van der Waals surface area contributed by atoms with Gasteiger partial charge in [-0.3, -0.25) is 0 Å². The number of anilines is 1. The summed E-state index contributed by atoms with van der Waals surface area (Å²) in [6, 6.07) is 1.66. The minimum Gasteiger partial charge on any atom is -0.394 e. The lowest BCUT2D eigenvalue weighted by molar-refractivity contribution is 0.281. The van der Waals surface area contributed by atoms with E-state index in [9.17, 15) is 0 Å². The van der Waals surface area contributed by atoms with E-state index >= 15 is 0 Å². The number of aliphatic hydroxyl groups excluding tert-OH is 1. The Balaban J connectivity index is 2.63.